The third-order valence-corrected chi connectivity index (χ3v) is 2.17. The van der Waals surface area contributed by atoms with Gasteiger partial charge in [-0.3, -0.25) is 0 Å². The molecule has 0 radical (unpaired) electrons. The van der Waals surface area contributed by atoms with Gasteiger partial charge in [-0.15, -0.1) is 0 Å². The molecule has 0 amide bonds. The summed E-state index contributed by atoms with van der Waals surface area (Å²) in [6.45, 7) is 2.73. The fourth-order valence-corrected chi connectivity index (χ4v) is 1.18. The lowest BCUT2D eigenvalue weighted by Gasteiger charge is -2.06. The van der Waals surface area contributed by atoms with Crippen molar-refractivity contribution in [1.82, 2.24) is 4.98 Å². The second-order valence-corrected chi connectivity index (χ2v) is 3.66. The molecule has 1 aliphatic rings. The van der Waals surface area contributed by atoms with Crippen molar-refractivity contribution < 1.29 is 4.74 Å². The van der Waals surface area contributed by atoms with Crippen LogP contribution in [0.1, 0.15) is 18.4 Å². The molecule has 2 rings (SSSR count). The fourth-order valence-electron chi connectivity index (χ4n) is 1.18. The topological polar surface area (TPSA) is 48.1 Å². The largest absolute Gasteiger partial charge is 0.476 e. The van der Waals surface area contributed by atoms with Crippen LogP contribution in [0.3, 0.4) is 0 Å². The van der Waals surface area contributed by atoms with Crippen LogP contribution in [0, 0.1) is 12.8 Å². The summed E-state index contributed by atoms with van der Waals surface area (Å²) in [4.78, 5) is 4.13. The van der Waals surface area contributed by atoms with Gasteiger partial charge in [-0.2, -0.15) is 0 Å². The number of aromatic nitrogens is 1. The average molecular weight is 178 g/mol. The van der Waals surface area contributed by atoms with Crippen LogP contribution in [-0.4, -0.2) is 11.6 Å². The molecule has 1 fully saturated rings. The van der Waals surface area contributed by atoms with Gasteiger partial charge in [0.1, 0.15) is 0 Å². The summed E-state index contributed by atoms with van der Waals surface area (Å²) >= 11 is 0. The first-order chi connectivity index (χ1) is 6.25. The molecule has 13 heavy (non-hydrogen) atoms. The van der Waals surface area contributed by atoms with E-state index in [-0.39, 0.29) is 0 Å². The van der Waals surface area contributed by atoms with Crippen LogP contribution in [0.25, 0.3) is 0 Å². The summed E-state index contributed by atoms with van der Waals surface area (Å²) in [6, 6.07) is 1.88. The summed E-state index contributed by atoms with van der Waals surface area (Å²) in [6.07, 6.45) is 4.34. The molecule has 1 aliphatic carbocycles. The van der Waals surface area contributed by atoms with Crippen molar-refractivity contribution in [1.29, 1.82) is 0 Å². The SMILES string of the molecule is Cc1cnc(OCC2CC2)c(N)c1. The molecule has 1 heterocycles. The first kappa shape index (κ1) is 8.35. The zero-order chi connectivity index (χ0) is 9.26. The van der Waals surface area contributed by atoms with Crippen molar-refractivity contribution in [2.45, 2.75) is 19.8 Å². The predicted molar refractivity (Wildman–Crippen MR) is 51.6 cm³/mol. The second kappa shape index (κ2) is 3.24. The number of hydrogen-bond donors (Lipinski definition) is 1. The summed E-state index contributed by atoms with van der Waals surface area (Å²) in [5, 5.41) is 0. The molecular formula is C10H14N2O. The summed E-state index contributed by atoms with van der Waals surface area (Å²) in [5.41, 5.74) is 7.45. The predicted octanol–water partition coefficient (Wildman–Crippen LogP) is 1.76. The van der Waals surface area contributed by atoms with E-state index in [1.165, 1.54) is 12.8 Å². The van der Waals surface area contributed by atoms with Gasteiger partial charge >= 0.3 is 0 Å². The van der Waals surface area contributed by atoms with Gasteiger partial charge in [0.25, 0.3) is 0 Å². The van der Waals surface area contributed by atoms with Crippen molar-refractivity contribution in [2.75, 3.05) is 12.3 Å². The van der Waals surface area contributed by atoms with Gasteiger partial charge in [-0.25, -0.2) is 4.98 Å². The lowest BCUT2D eigenvalue weighted by Crippen LogP contribution is -2.03. The molecular weight excluding hydrogens is 164 g/mol. The molecule has 0 atom stereocenters. The third-order valence-electron chi connectivity index (χ3n) is 2.17. The van der Waals surface area contributed by atoms with E-state index >= 15 is 0 Å². The number of nitrogens with two attached hydrogens (primary N) is 1. The number of ether oxygens (including phenoxy) is 1. The molecule has 1 aromatic rings. The minimum atomic E-state index is 0.581. The first-order valence-electron chi connectivity index (χ1n) is 4.60. The highest BCUT2D eigenvalue weighted by Crippen LogP contribution is 2.30. The standard InChI is InChI=1S/C10H14N2O/c1-7-4-9(11)10(12-5-7)13-6-8-2-3-8/h4-5,8H,2-3,6,11H2,1H3. The van der Waals surface area contributed by atoms with Gasteiger partial charge in [0.2, 0.25) is 5.88 Å². The Bertz CT molecular complexity index is 308. The lowest BCUT2D eigenvalue weighted by molar-refractivity contribution is 0.290. The Morgan fingerprint density at radius 1 is 1.62 bits per heavy atom. The fraction of sp³-hybridized carbons (Fsp3) is 0.500. The van der Waals surface area contributed by atoms with Gasteiger partial charge in [0.15, 0.2) is 0 Å². The second-order valence-electron chi connectivity index (χ2n) is 3.66. The van der Waals surface area contributed by atoms with Crippen LogP contribution in [0.5, 0.6) is 5.88 Å². The van der Waals surface area contributed by atoms with E-state index in [1.807, 2.05) is 13.0 Å². The van der Waals surface area contributed by atoms with Crippen molar-refractivity contribution >= 4 is 5.69 Å². The number of pyridine rings is 1. The smallest absolute Gasteiger partial charge is 0.237 e. The molecule has 0 aliphatic heterocycles. The van der Waals surface area contributed by atoms with Crippen LogP contribution in [0.15, 0.2) is 12.3 Å². The van der Waals surface area contributed by atoms with Crippen LogP contribution >= 0.6 is 0 Å². The van der Waals surface area contributed by atoms with E-state index in [0.29, 0.717) is 11.6 Å². The van der Waals surface area contributed by atoms with Gasteiger partial charge in [-0.05, 0) is 37.3 Å². The maximum absolute atomic E-state index is 5.74. The quantitative estimate of drug-likeness (QED) is 0.767. The third kappa shape index (κ3) is 2.11. The van der Waals surface area contributed by atoms with Gasteiger partial charge in [-0.1, -0.05) is 0 Å². The Hall–Kier alpha value is -1.25. The Balaban J connectivity index is 2.01. The van der Waals surface area contributed by atoms with Gasteiger partial charge in [0, 0.05) is 6.20 Å². The number of nitrogens with zero attached hydrogens (tertiary/aromatic N) is 1. The molecule has 70 valence electrons. The maximum Gasteiger partial charge on any atom is 0.237 e. The first-order valence-corrected chi connectivity index (χ1v) is 4.60. The summed E-state index contributed by atoms with van der Waals surface area (Å²) in [7, 11) is 0. The van der Waals surface area contributed by atoms with Crippen LogP contribution in [0.2, 0.25) is 0 Å². The molecule has 1 aromatic heterocycles. The molecule has 0 spiro atoms. The van der Waals surface area contributed by atoms with Crippen LogP contribution in [0.4, 0.5) is 5.69 Å². The number of nitrogen functional groups attached to an aromatic ring is 1. The number of rotatable bonds is 3. The van der Waals surface area contributed by atoms with E-state index < -0.39 is 0 Å². The highest BCUT2D eigenvalue weighted by Gasteiger charge is 2.22. The van der Waals surface area contributed by atoms with E-state index in [2.05, 4.69) is 4.98 Å². The molecule has 2 N–H and O–H groups in total. The van der Waals surface area contributed by atoms with Crippen molar-refractivity contribution in [2.24, 2.45) is 5.92 Å². The maximum atomic E-state index is 5.74. The van der Waals surface area contributed by atoms with E-state index in [9.17, 15) is 0 Å². The van der Waals surface area contributed by atoms with Crippen LogP contribution in [-0.2, 0) is 0 Å². The zero-order valence-corrected chi connectivity index (χ0v) is 7.79. The van der Waals surface area contributed by atoms with Gasteiger partial charge < -0.3 is 10.5 Å². The van der Waals surface area contributed by atoms with E-state index in [1.54, 1.807) is 6.20 Å². The highest BCUT2D eigenvalue weighted by molar-refractivity contribution is 5.49. The average Bonchev–Trinajstić information content (AvgIpc) is 2.86. The Kier molecular flexibility index (Phi) is 2.08. The Morgan fingerprint density at radius 2 is 2.38 bits per heavy atom. The van der Waals surface area contributed by atoms with Crippen molar-refractivity contribution in [3.63, 3.8) is 0 Å². The minimum Gasteiger partial charge on any atom is -0.476 e. The lowest BCUT2D eigenvalue weighted by atomic mass is 10.3. The highest BCUT2D eigenvalue weighted by atomic mass is 16.5. The normalized spacial score (nSPS) is 15.8. The monoisotopic (exact) mass is 178 g/mol. The summed E-state index contributed by atoms with van der Waals surface area (Å²) < 4.78 is 5.48. The molecule has 0 unspecified atom stereocenters. The molecule has 0 aromatic carbocycles. The molecule has 0 bridgehead atoms. The number of anilines is 1. The Morgan fingerprint density at radius 3 is 3.00 bits per heavy atom. The Labute approximate surface area is 77.9 Å². The summed E-state index contributed by atoms with van der Waals surface area (Å²) in [5.74, 6) is 1.32. The number of hydrogen-bond acceptors (Lipinski definition) is 3. The number of aryl methyl sites for hydroxylation is 1. The van der Waals surface area contributed by atoms with Crippen molar-refractivity contribution in [3.05, 3.63) is 17.8 Å². The molecule has 0 saturated heterocycles. The van der Waals surface area contributed by atoms with Crippen molar-refractivity contribution in [3.8, 4) is 5.88 Å². The zero-order valence-electron chi connectivity index (χ0n) is 7.79. The van der Waals surface area contributed by atoms with E-state index in [0.717, 1.165) is 18.1 Å². The molecule has 3 heteroatoms. The van der Waals surface area contributed by atoms with Gasteiger partial charge in [0.05, 0.1) is 12.3 Å². The molecule has 3 nitrogen and oxygen atoms in total. The van der Waals surface area contributed by atoms with E-state index in [4.69, 9.17) is 10.5 Å². The minimum absolute atomic E-state index is 0.581. The van der Waals surface area contributed by atoms with Crippen LogP contribution < -0.4 is 10.5 Å². The molecule has 1 saturated carbocycles.